The van der Waals surface area contributed by atoms with Crippen molar-refractivity contribution in [2.75, 3.05) is 5.32 Å². The van der Waals surface area contributed by atoms with Crippen molar-refractivity contribution in [1.29, 1.82) is 5.26 Å². The zero-order valence-electron chi connectivity index (χ0n) is 16.3. The Balaban J connectivity index is 1.56. The first-order chi connectivity index (χ1) is 14.1. The zero-order chi connectivity index (χ0) is 20.5. The lowest BCUT2D eigenvalue weighted by atomic mass is 10.1. The van der Waals surface area contributed by atoms with E-state index in [1.54, 1.807) is 0 Å². The Kier molecular flexibility index (Phi) is 6.85. The normalized spacial score (nSPS) is 10.1. The molecule has 5 heteroatoms. The number of hydrogen-bond donors (Lipinski definition) is 2. The van der Waals surface area contributed by atoms with Gasteiger partial charge in [-0.15, -0.1) is 0 Å². The summed E-state index contributed by atoms with van der Waals surface area (Å²) in [5.41, 5.74) is 4.74. The number of urea groups is 1. The monoisotopic (exact) mass is 385 g/mol. The predicted octanol–water partition coefficient (Wildman–Crippen LogP) is 4.96. The molecule has 3 aromatic rings. The summed E-state index contributed by atoms with van der Waals surface area (Å²) in [5, 5.41) is 14.5. The first-order valence-corrected chi connectivity index (χ1v) is 9.41. The number of ether oxygens (including phenoxy) is 1. The molecule has 5 nitrogen and oxygen atoms in total. The molecule has 2 amide bonds. The van der Waals surface area contributed by atoms with Crippen LogP contribution in [-0.2, 0) is 19.6 Å². The van der Waals surface area contributed by atoms with Crippen molar-refractivity contribution in [3.8, 4) is 11.8 Å². The summed E-state index contributed by atoms with van der Waals surface area (Å²) in [6.07, 6.45) is 0.380. The van der Waals surface area contributed by atoms with Crippen LogP contribution in [0.5, 0.6) is 5.75 Å². The van der Waals surface area contributed by atoms with Crippen LogP contribution >= 0.6 is 0 Å². The highest BCUT2D eigenvalue weighted by Crippen LogP contribution is 2.19. The van der Waals surface area contributed by atoms with E-state index in [1.165, 1.54) is 0 Å². The number of carbonyl (C=O) groups is 1. The van der Waals surface area contributed by atoms with Crippen molar-refractivity contribution < 1.29 is 9.53 Å². The van der Waals surface area contributed by atoms with Gasteiger partial charge in [0.1, 0.15) is 12.4 Å². The molecule has 0 saturated carbocycles. The van der Waals surface area contributed by atoms with Crippen molar-refractivity contribution in [2.24, 2.45) is 0 Å². The number of hydrogen-bond acceptors (Lipinski definition) is 3. The van der Waals surface area contributed by atoms with Gasteiger partial charge in [0.15, 0.2) is 0 Å². The molecule has 3 aromatic carbocycles. The molecular formula is C24H23N3O2. The van der Waals surface area contributed by atoms with E-state index in [4.69, 9.17) is 10.00 Å². The van der Waals surface area contributed by atoms with Crippen LogP contribution in [0.1, 0.15) is 22.3 Å². The topological polar surface area (TPSA) is 74.2 Å². The average Bonchev–Trinajstić information content (AvgIpc) is 2.73. The van der Waals surface area contributed by atoms with Gasteiger partial charge in [0.2, 0.25) is 0 Å². The highest BCUT2D eigenvalue weighted by Gasteiger charge is 2.07. The van der Waals surface area contributed by atoms with Gasteiger partial charge in [-0.1, -0.05) is 60.2 Å². The Hall–Kier alpha value is -3.78. The molecule has 2 N–H and O–H groups in total. The SMILES string of the molecule is Cc1cccc(CNC(=O)Nc2ccccc2COc2ccc(CC#N)cc2)c1. The maximum absolute atomic E-state index is 12.3. The third-order valence-electron chi connectivity index (χ3n) is 4.40. The molecule has 0 aliphatic heterocycles. The van der Waals surface area contributed by atoms with Crippen molar-refractivity contribution in [3.05, 3.63) is 95.1 Å². The highest BCUT2D eigenvalue weighted by molar-refractivity contribution is 5.90. The summed E-state index contributed by atoms with van der Waals surface area (Å²) < 4.78 is 5.84. The molecule has 0 saturated heterocycles. The van der Waals surface area contributed by atoms with Crippen LogP contribution in [-0.4, -0.2) is 6.03 Å². The van der Waals surface area contributed by atoms with Gasteiger partial charge in [-0.05, 0) is 36.2 Å². The first kappa shape index (κ1) is 20.0. The minimum atomic E-state index is -0.264. The van der Waals surface area contributed by atoms with Crippen LogP contribution in [0.15, 0.2) is 72.8 Å². The molecule has 0 heterocycles. The number of rotatable bonds is 7. The van der Waals surface area contributed by atoms with E-state index in [-0.39, 0.29) is 6.03 Å². The van der Waals surface area contributed by atoms with Gasteiger partial charge >= 0.3 is 6.03 Å². The second kappa shape index (κ2) is 9.95. The van der Waals surface area contributed by atoms with Gasteiger partial charge in [0, 0.05) is 17.8 Å². The van der Waals surface area contributed by atoms with Crippen LogP contribution < -0.4 is 15.4 Å². The summed E-state index contributed by atoms with van der Waals surface area (Å²) in [4.78, 5) is 12.3. The van der Waals surface area contributed by atoms with Crippen molar-refractivity contribution in [1.82, 2.24) is 5.32 Å². The molecule has 0 fully saturated rings. The molecule has 0 atom stereocenters. The minimum Gasteiger partial charge on any atom is -0.489 e. The fraction of sp³-hybridized carbons (Fsp3) is 0.167. The van der Waals surface area contributed by atoms with E-state index in [1.807, 2.05) is 79.7 Å². The molecule has 3 rings (SSSR count). The molecule has 146 valence electrons. The van der Waals surface area contributed by atoms with Gasteiger partial charge in [-0.25, -0.2) is 4.79 Å². The van der Waals surface area contributed by atoms with E-state index < -0.39 is 0 Å². The number of benzene rings is 3. The van der Waals surface area contributed by atoms with Crippen molar-refractivity contribution in [3.63, 3.8) is 0 Å². The summed E-state index contributed by atoms with van der Waals surface area (Å²) in [6.45, 7) is 2.81. The number of amides is 2. The summed E-state index contributed by atoms with van der Waals surface area (Å²) in [7, 11) is 0. The number of carbonyl (C=O) groups excluding carboxylic acids is 1. The smallest absolute Gasteiger partial charge is 0.319 e. The summed E-state index contributed by atoms with van der Waals surface area (Å²) in [6, 6.07) is 24.9. The van der Waals surface area contributed by atoms with Gasteiger partial charge in [0.25, 0.3) is 0 Å². The Bertz CT molecular complexity index is 1010. The molecule has 0 radical (unpaired) electrons. The Morgan fingerprint density at radius 2 is 1.79 bits per heavy atom. The predicted molar refractivity (Wildman–Crippen MR) is 114 cm³/mol. The second-order valence-electron chi connectivity index (χ2n) is 6.72. The fourth-order valence-corrected chi connectivity index (χ4v) is 2.89. The molecule has 29 heavy (non-hydrogen) atoms. The second-order valence-corrected chi connectivity index (χ2v) is 6.72. The van der Waals surface area contributed by atoms with Gasteiger partial charge in [0.05, 0.1) is 12.5 Å². The van der Waals surface area contributed by atoms with Crippen molar-refractivity contribution >= 4 is 11.7 Å². The molecule has 0 aliphatic carbocycles. The number of anilines is 1. The number of aryl methyl sites for hydroxylation is 1. The molecule has 0 aromatic heterocycles. The Labute approximate surface area is 171 Å². The van der Waals surface area contributed by atoms with E-state index in [0.29, 0.717) is 31.0 Å². The van der Waals surface area contributed by atoms with Crippen LogP contribution in [0.2, 0.25) is 0 Å². The number of nitriles is 1. The van der Waals surface area contributed by atoms with E-state index >= 15 is 0 Å². The molecular weight excluding hydrogens is 362 g/mol. The van der Waals surface area contributed by atoms with E-state index in [0.717, 1.165) is 22.3 Å². The van der Waals surface area contributed by atoms with Crippen LogP contribution in [0.25, 0.3) is 0 Å². The largest absolute Gasteiger partial charge is 0.489 e. The maximum atomic E-state index is 12.3. The fourth-order valence-electron chi connectivity index (χ4n) is 2.89. The third-order valence-corrected chi connectivity index (χ3v) is 4.40. The van der Waals surface area contributed by atoms with Gasteiger partial charge in [-0.3, -0.25) is 0 Å². The van der Waals surface area contributed by atoms with Crippen molar-refractivity contribution in [2.45, 2.75) is 26.5 Å². The standard InChI is InChI=1S/C24H23N3O2/c1-18-5-4-6-20(15-18)16-26-24(28)27-23-8-3-2-7-21(23)17-29-22-11-9-19(10-12-22)13-14-25/h2-12,15H,13,16-17H2,1H3,(H2,26,27,28). The molecule has 0 bridgehead atoms. The quantitative estimate of drug-likeness (QED) is 0.603. The Morgan fingerprint density at radius 1 is 1.00 bits per heavy atom. The van der Waals surface area contributed by atoms with Crippen LogP contribution in [0.4, 0.5) is 10.5 Å². The summed E-state index contributed by atoms with van der Waals surface area (Å²) in [5.74, 6) is 0.713. The Morgan fingerprint density at radius 3 is 2.55 bits per heavy atom. The third kappa shape index (κ3) is 6.12. The number of nitrogens with one attached hydrogen (secondary N) is 2. The minimum absolute atomic E-state index is 0.264. The lowest BCUT2D eigenvalue weighted by Crippen LogP contribution is -2.28. The van der Waals surface area contributed by atoms with E-state index in [2.05, 4.69) is 16.7 Å². The lowest BCUT2D eigenvalue weighted by molar-refractivity contribution is 0.251. The summed E-state index contributed by atoms with van der Waals surface area (Å²) >= 11 is 0. The van der Waals surface area contributed by atoms with E-state index in [9.17, 15) is 4.79 Å². The molecule has 0 spiro atoms. The van der Waals surface area contributed by atoms with Gasteiger partial charge in [-0.2, -0.15) is 5.26 Å². The number of para-hydroxylation sites is 1. The molecule has 0 unspecified atom stereocenters. The molecule has 0 aliphatic rings. The van der Waals surface area contributed by atoms with Gasteiger partial charge < -0.3 is 15.4 Å². The number of nitrogens with zero attached hydrogens (tertiary/aromatic N) is 1. The highest BCUT2D eigenvalue weighted by atomic mass is 16.5. The first-order valence-electron chi connectivity index (χ1n) is 9.41. The zero-order valence-corrected chi connectivity index (χ0v) is 16.3. The lowest BCUT2D eigenvalue weighted by Gasteiger charge is -2.13. The van der Waals surface area contributed by atoms with Crippen LogP contribution in [0, 0.1) is 18.3 Å². The van der Waals surface area contributed by atoms with Crippen LogP contribution in [0.3, 0.4) is 0 Å². The maximum Gasteiger partial charge on any atom is 0.319 e. The average molecular weight is 385 g/mol.